The third kappa shape index (κ3) is 2.61. The van der Waals surface area contributed by atoms with Gasteiger partial charge in [-0.05, 0) is 0 Å². The highest BCUT2D eigenvalue weighted by atomic mass is 16.5. The summed E-state index contributed by atoms with van der Waals surface area (Å²) in [7, 11) is 1.54. The van der Waals surface area contributed by atoms with Crippen LogP contribution in [-0.4, -0.2) is 54.1 Å². The van der Waals surface area contributed by atoms with Gasteiger partial charge in [-0.2, -0.15) is 9.97 Å². The van der Waals surface area contributed by atoms with Crippen LogP contribution < -0.4 is 15.4 Å². The number of anilines is 2. The number of methoxy groups -OCH3 is 1. The summed E-state index contributed by atoms with van der Waals surface area (Å²) in [5.41, 5.74) is 5.62. The van der Waals surface area contributed by atoms with Gasteiger partial charge in [0, 0.05) is 39.2 Å². The summed E-state index contributed by atoms with van der Waals surface area (Å²) in [4.78, 5) is 23.3. The number of hydrogen-bond donors (Lipinski definition) is 1. The molecule has 1 aromatic rings. The highest BCUT2D eigenvalue weighted by Crippen LogP contribution is 2.19. The van der Waals surface area contributed by atoms with Crippen molar-refractivity contribution in [2.75, 3.05) is 43.9 Å². The molecule has 2 rings (SSSR count). The van der Waals surface area contributed by atoms with Crippen molar-refractivity contribution in [2.24, 2.45) is 0 Å². The third-order valence-corrected chi connectivity index (χ3v) is 2.96. The molecule has 2 N–H and O–H groups in total. The Labute approximate surface area is 106 Å². The van der Waals surface area contributed by atoms with E-state index in [1.807, 2.05) is 4.90 Å². The number of carbonyl (C=O) groups excluding carboxylic acids is 1. The quantitative estimate of drug-likeness (QED) is 0.779. The molecule has 7 heteroatoms. The average Bonchev–Trinajstić information content (AvgIpc) is 2.38. The molecule has 1 saturated heterocycles. The van der Waals surface area contributed by atoms with Crippen LogP contribution in [0.5, 0.6) is 5.88 Å². The van der Waals surface area contributed by atoms with E-state index in [4.69, 9.17) is 10.5 Å². The molecule has 7 nitrogen and oxygen atoms in total. The minimum atomic E-state index is 0.106. The largest absolute Gasteiger partial charge is 0.481 e. The van der Waals surface area contributed by atoms with Gasteiger partial charge in [0.25, 0.3) is 0 Å². The van der Waals surface area contributed by atoms with E-state index < -0.39 is 0 Å². The Morgan fingerprint density at radius 1 is 1.33 bits per heavy atom. The van der Waals surface area contributed by atoms with Gasteiger partial charge < -0.3 is 20.3 Å². The first-order valence-corrected chi connectivity index (χ1v) is 5.79. The number of piperazine rings is 1. The Morgan fingerprint density at radius 3 is 2.56 bits per heavy atom. The molecule has 0 radical (unpaired) electrons. The Bertz CT molecular complexity index is 443. The molecule has 1 amide bonds. The summed E-state index contributed by atoms with van der Waals surface area (Å²) in [6.07, 6.45) is 0. The maximum absolute atomic E-state index is 11.2. The molecular weight excluding hydrogens is 234 g/mol. The number of aromatic nitrogens is 2. The van der Waals surface area contributed by atoms with Crippen molar-refractivity contribution in [3.8, 4) is 5.88 Å². The first-order valence-electron chi connectivity index (χ1n) is 5.79. The maximum Gasteiger partial charge on any atom is 0.225 e. The van der Waals surface area contributed by atoms with E-state index >= 15 is 0 Å². The number of hydrogen-bond acceptors (Lipinski definition) is 6. The molecule has 0 aromatic carbocycles. The van der Waals surface area contributed by atoms with Gasteiger partial charge >= 0.3 is 0 Å². The van der Waals surface area contributed by atoms with Crippen LogP contribution >= 0.6 is 0 Å². The van der Waals surface area contributed by atoms with Crippen LogP contribution in [0.15, 0.2) is 6.07 Å². The fraction of sp³-hybridized carbons (Fsp3) is 0.545. The van der Waals surface area contributed by atoms with Crippen LogP contribution in [0.1, 0.15) is 6.92 Å². The summed E-state index contributed by atoms with van der Waals surface area (Å²) >= 11 is 0. The third-order valence-electron chi connectivity index (χ3n) is 2.96. The standard InChI is InChI=1S/C11H17N5O2/c1-8(17)15-3-5-16(6-4-15)9-7-10(18-2)14-11(12)13-9/h7H,3-6H2,1-2H3,(H2,12,13,14). The normalized spacial score (nSPS) is 15.7. The van der Waals surface area contributed by atoms with Crippen LogP contribution in [-0.2, 0) is 4.79 Å². The topological polar surface area (TPSA) is 84.6 Å². The van der Waals surface area contributed by atoms with E-state index in [9.17, 15) is 4.79 Å². The number of carbonyl (C=O) groups is 1. The first kappa shape index (κ1) is 12.4. The van der Waals surface area contributed by atoms with Crippen molar-refractivity contribution in [3.05, 3.63) is 6.07 Å². The van der Waals surface area contributed by atoms with Crippen molar-refractivity contribution in [1.29, 1.82) is 0 Å². The van der Waals surface area contributed by atoms with Gasteiger partial charge in [-0.1, -0.05) is 0 Å². The Kier molecular flexibility index (Phi) is 3.50. The molecule has 0 saturated carbocycles. The van der Waals surface area contributed by atoms with E-state index in [2.05, 4.69) is 14.9 Å². The number of nitrogen functional groups attached to an aromatic ring is 1. The van der Waals surface area contributed by atoms with E-state index in [0.29, 0.717) is 19.0 Å². The van der Waals surface area contributed by atoms with Crippen LogP contribution in [0.2, 0.25) is 0 Å². The van der Waals surface area contributed by atoms with Gasteiger partial charge in [0.2, 0.25) is 17.7 Å². The first-order chi connectivity index (χ1) is 8.60. The van der Waals surface area contributed by atoms with Gasteiger partial charge in [0.15, 0.2) is 0 Å². The van der Waals surface area contributed by atoms with Crippen LogP contribution in [0, 0.1) is 0 Å². The summed E-state index contributed by atoms with van der Waals surface area (Å²) < 4.78 is 5.06. The van der Waals surface area contributed by atoms with E-state index in [-0.39, 0.29) is 11.9 Å². The molecule has 0 atom stereocenters. The zero-order valence-corrected chi connectivity index (χ0v) is 10.6. The van der Waals surface area contributed by atoms with Crippen LogP contribution in [0.25, 0.3) is 0 Å². The number of amides is 1. The molecule has 1 aliphatic heterocycles. The number of ether oxygens (including phenoxy) is 1. The number of nitrogens with zero attached hydrogens (tertiary/aromatic N) is 4. The molecule has 0 unspecified atom stereocenters. The Balaban J connectivity index is 2.09. The maximum atomic E-state index is 11.2. The fourth-order valence-electron chi connectivity index (χ4n) is 1.95. The van der Waals surface area contributed by atoms with Crippen molar-refractivity contribution in [2.45, 2.75) is 6.92 Å². The molecule has 18 heavy (non-hydrogen) atoms. The van der Waals surface area contributed by atoms with Gasteiger partial charge in [-0.25, -0.2) is 0 Å². The van der Waals surface area contributed by atoms with Crippen molar-refractivity contribution < 1.29 is 9.53 Å². The highest BCUT2D eigenvalue weighted by Gasteiger charge is 2.20. The summed E-state index contributed by atoms with van der Waals surface area (Å²) in [5, 5.41) is 0. The van der Waals surface area contributed by atoms with Crippen molar-refractivity contribution >= 4 is 17.7 Å². The monoisotopic (exact) mass is 251 g/mol. The Morgan fingerprint density at radius 2 is 2.00 bits per heavy atom. The van der Waals surface area contributed by atoms with Gasteiger partial charge in [0.05, 0.1) is 7.11 Å². The van der Waals surface area contributed by atoms with Crippen LogP contribution in [0.4, 0.5) is 11.8 Å². The second kappa shape index (κ2) is 5.07. The molecule has 1 fully saturated rings. The molecule has 0 spiro atoms. The lowest BCUT2D eigenvalue weighted by Crippen LogP contribution is -2.48. The molecular formula is C11H17N5O2. The van der Waals surface area contributed by atoms with E-state index in [0.717, 1.165) is 18.9 Å². The van der Waals surface area contributed by atoms with Crippen molar-refractivity contribution in [3.63, 3.8) is 0 Å². The lowest BCUT2D eigenvalue weighted by Gasteiger charge is -2.34. The van der Waals surface area contributed by atoms with Gasteiger partial charge in [-0.15, -0.1) is 0 Å². The summed E-state index contributed by atoms with van der Waals surface area (Å²) in [5.74, 6) is 1.49. The molecule has 1 aromatic heterocycles. The fourth-order valence-corrected chi connectivity index (χ4v) is 1.95. The minimum absolute atomic E-state index is 0.106. The molecule has 0 bridgehead atoms. The molecule has 2 heterocycles. The van der Waals surface area contributed by atoms with Gasteiger partial charge in [0.1, 0.15) is 5.82 Å². The minimum Gasteiger partial charge on any atom is -0.481 e. The van der Waals surface area contributed by atoms with Gasteiger partial charge in [-0.3, -0.25) is 4.79 Å². The second-order valence-corrected chi connectivity index (χ2v) is 4.12. The number of nitrogens with two attached hydrogens (primary N) is 1. The highest BCUT2D eigenvalue weighted by molar-refractivity contribution is 5.73. The molecule has 1 aliphatic rings. The van der Waals surface area contributed by atoms with Crippen molar-refractivity contribution in [1.82, 2.24) is 14.9 Å². The average molecular weight is 251 g/mol. The second-order valence-electron chi connectivity index (χ2n) is 4.12. The van der Waals surface area contributed by atoms with E-state index in [1.54, 1.807) is 20.1 Å². The SMILES string of the molecule is COc1cc(N2CCN(C(C)=O)CC2)nc(N)n1. The number of rotatable bonds is 2. The summed E-state index contributed by atoms with van der Waals surface area (Å²) in [6.45, 7) is 4.45. The zero-order valence-electron chi connectivity index (χ0n) is 10.6. The summed E-state index contributed by atoms with van der Waals surface area (Å²) in [6, 6.07) is 1.75. The molecule has 0 aliphatic carbocycles. The Hall–Kier alpha value is -2.05. The predicted octanol–water partition coefficient (Wildman–Crippen LogP) is -0.264. The van der Waals surface area contributed by atoms with E-state index in [1.165, 1.54) is 0 Å². The molecule has 98 valence electrons. The zero-order chi connectivity index (χ0) is 13.1. The van der Waals surface area contributed by atoms with Crippen LogP contribution in [0.3, 0.4) is 0 Å². The lowest BCUT2D eigenvalue weighted by molar-refractivity contribution is -0.129. The lowest BCUT2D eigenvalue weighted by atomic mass is 10.3. The smallest absolute Gasteiger partial charge is 0.225 e. The predicted molar refractivity (Wildman–Crippen MR) is 67.5 cm³/mol.